The average molecular weight is 262 g/mol. The number of rotatable bonds is 4. The SMILES string of the molecule is CC.Cc1ccc(OCCCN)c2ccc(=O)[nH]c12. The molecule has 1 aromatic heterocycles. The Morgan fingerprint density at radius 2 is 1.95 bits per heavy atom. The first-order valence-corrected chi connectivity index (χ1v) is 6.68. The van der Waals surface area contributed by atoms with Crippen LogP contribution in [-0.2, 0) is 0 Å². The molecule has 4 nitrogen and oxygen atoms in total. The van der Waals surface area contributed by atoms with Crippen molar-refractivity contribution in [3.8, 4) is 5.75 Å². The summed E-state index contributed by atoms with van der Waals surface area (Å²) in [6.07, 6.45) is 0.818. The lowest BCUT2D eigenvalue weighted by Crippen LogP contribution is -2.07. The molecule has 4 heteroatoms. The van der Waals surface area contributed by atoms with Crippen LogP contribution >= 0.6 is 0 Å². The van der Waals surface area contributed by atoms with E-state index in [1.54, 1.807) is 6.07 Å². The lowest BCUT2D eigenvalue weighted by molar-refractivity contribution is 0.317. The number of fused-ring (bicyclic) bond motifs is 1. The van der Waals surface area contributed by atoms with Gasteiger partial charge in [0, 0.05) is 11.5 Å². The molecule has 3 N–H and O–H groups in total. The van der Waals surface area contributed by atoms with Crippen molar-refractivity contribution < 1.29 is 4.74 Å². The molecule has 0 radical (unpaired) electrons. The molecule has 1 heterocycles. The summed E-state index contributed by atoms with van der Waals surface area (Å²) >= 11 is 0. The fraction of sp³-hybridized carbons (Fsp3) is 0.400. The molecule has 0 spiro atoms. The maximum atomic E-state index is 11.3. The molecule has 19 heavy (non-hydrogen) atoms. The van der Waals surface area contributed by atoms with E-state index in [2.05, 4.69) is 4.98 Å². The Kier molecular flexibility index (Phi) is 6.09. The van der Waals surface area contributed by atoms with E-state index in [0.29, 0.717) is 13.2 Å². The third-order valence-electron chi connectivity index (χ3n) is 2.67. The third-order valence-corrected chi connectivity index (χ3v) is 2.67. The normalized spacial score (nSPS) is 9.89. The molecule has 2 rings (SSSR count). The lowest BCUT2D eigenvalue weighted by Gasteiger charge is -2.10. The number of nitrogens with two attached hydrogens (primary N) is 1. The van der Waals surface area contributed by atoms with Crippen molar-refractivity contribution in [1.82, 2.24) is 4.98 Å². The molecule has 1 aromatic carbocycles. The summed E-state index contributed by atoms with van der Waals surface area (Å²) in [5, 5.41) is 0.932. The van der Waals surface area contributed by atoms with Crippen LogP contribution in [0.15, 0.2) is 29.1 Å². The van der Waals surface area contributed by atoms with Crippen molar-refractivity contribution in [1.29, 1.82) is 0 Å². The Balaban J connectivity index is 0.000000861. The molecule has 0 unspecified atom stereocenters. The van der Waals surface area contributed by atoms with Gasteiger partial charge in [-0.3, -0.25) is 4.79 Å². The molecule has 104 valence electrons. The second kappa shape index (κ2) is 7.59. The third kappa shape index (κ3) is 3.83. The fourth-order valence-corrected chi connectivity index (χ4v) is 1.76. The first-order valence-electron chi connectivity index (χ1n) is 6.68. The standard InChI is InChI=1S/C13H16N2O2.C2H6/c1-9-3-5-11(17-8-2-7-14)10-4-6-12(16)15-13(9)10;1-2/h3-6H,2,7-8,14H2,1H3,(H,15,16);1-2H3. The first kappa shape index (κ1) is 15.2. The molecule has 0 amide bonds. The summed E-state index contributed by atoms with van der Waals surface area (Å²) < 4.78 is 5.65. The van der Waals surface area contributed by atoms with Crippen LogP contribution in [0.5, 0.6) is 5.75 Å². The van der Waals surface area contributed by atoms with Gasteiger partial charge in [0.25, 0.3) is 0 Å². The van der Waals surface area contributed by atoms with Gasteiger partial charge in [-0.05, 0) is 37.6 Å². The Labute approximate surface area is 113 Å². The maximum Gasteiger partial charge on any atom is 0.248 e. The summed E-state index contributed by atoms with van der Waals surface area (Å²) in [5.74, 6) is 0.787. The summed E-state index contributed by atoms with van der Waals surface area (Å²) in [6.45, 7) is 7.16. The molecule has 0 atom stereocenters. The van der Waals surface area contributed by atoms with Gasteiger partial charge in [0.2, 0.25) is 5.56 Å². The summed E-state index contributed by atoms with van der Waals surface area (Å²) in [6, 6.07) is 7.17. The van der Waals surface area contributed by atoms with E-state index in [0.717, 1.165) is 28.6 Å². The van der Waals surface area contributed by atoms with Crippen LogP contribution in [0.25, 0.3) is 10.9 Å². The summed E-state index contributed by atoms with van der Waals surface area (Å²) in [5.41, 5.74) is 7.19. The molecule has 0 saturated carbocycles. The van der Waals surface area contributed by atoms with Crippen molar-refractivity contribution >= 4 is 10.9 Å². The topological polar surface area (TPSA) is 68.1 Å². The highest BCUT2D eigenvalue weighted by Crippen LogP contribution is 2.25. The van der Waals surface area contributed by atoms with Gasteiger partial charge in [0.05, 0.1) is 12.1 Å². The van der Waals surface area contributed by atoms with E-state index in [-0.39, 0.29) is 5.56 Å². The second-order valence-corrected chi connectivity index (χ2v) is 3.98. The van der Waals surface area contributed by atoms with Gasteiger partial charge >= 0.3 is 0 Å². The van der Waals surface area contributed by atoms with Crippen molar-refractivity contribution in [3.63, 3.8) is 0 Å². The molecular weight excluding hydrogens is 240 g/mol. The van der Waals surface area contributed by atoms with Gasteiger partial charge in [-0.2, -0.15) is 0 Å². The zero-order chi connectivity index (χ0) is 14.3. The fourth-order valence-electron chi connectivity index (χ4n) is 1.76. The van der Waals surface area contributed by atoms with Crippen LogP contribution in [0, 0.1) is 6.92 Å². The van der Waals surface area contributed by atoms with Crippen LogP contribution in [-0.4, -0.2) is 18.1 Å². The molecule has 0 aliphatic rings. The van der Waals surface area contributed by atoms with Gasteiger partial charge < -0.3 is 15.5 Å². The van der Waals surface area contributed by atoms with Gasteiger partial charge in [0.15, 0.2) is 0 Å². The second-order valence-electron chi connectivity index (χ2n) is 3.98. The predicted molar refractivity (Wildman–Crippen MR) is 79.8 cm³/mol. The number of aryl methyl sites for hydroxylation is 1. The van der Waals surface area contributed by atoms with E-state index >= 15 is 0 Å². The molecule has 0 saturated heterocycles. The molecule has 2 aromatic rings. The number of hydrogen-bond acceptors (Lipinski definition) is 3. The minimum absolute atomic E-state index is 0.0975. The van der Waals surface area contributed by atoms with Gasteiger partial charge in [-0.15, -0.1) is 0 Å². The highest BCUT2D eigenvalue weighted by atomic mass is 16.5. The van der Waals surface area contributed by atoms with E-state index in [1.807, 2.05) is 32.9 Å². The smallest absolute Gasteiger partial charge is 0.248 e. The average Bonchev–Trinajstić information content (AvgIpc) is 2.44. The van der Waals surface area contributed by atoms with Crippen molar-refractivity contribution in [3.05, 3.63) is 40.2 Å². The molecule has 0 aliphatic heterocycles. The quantitative estimate of drug-likeness (QED) is 0.832. The zero-order valence-corrected chi connectivity index (χ0v) is 11.8. The Morgan fingerprint density at radius 1 is 1.21 bits per heavy atom. The number of pyridine rings is 1. The highest BCUT2D eigenvalue weighted by molar-refractivity contribution is 5.87. The van der Waals surface area contributed by atoms with Crippen LogP contribution < -0.4 is 16.0 Å². The minimum atomic E-state index is -0.0975. The monoisotopic (exact) mass is 262 g/mol. The Bertz CT molecular complexity index is 576. The highest BCUT2D eigenvalue weighted by Gasteiger charge is 2.05. The summed E-state index contributed by atoms with van der Waals surface area (Å²) in [7, 11) is 0. The van der Waals surface area contributed by atoms with Crippen LogP contribution in [0.4, 0.5) is 0 Å². The van der Waals surface area contributed by atoms with Crippen LogP contribution in [0.1, 0.15) is 25.8 Å². The number of aromatic nitrogens is 1. The number of ether oxygens (including phenoxy) is 1. The number of benzene rings is 1. The number of aromatic amines is 1. The van der Waals surface area contributed by atoms with Gasteiger partial charge in [-0.1, -0.05) is 19.9 Å². The van der Waals surface area contributed by atoms with E-state index in [1.165, 1.54) is 6.07 Å². The van der Waals surface area contributed by atoms with Crippen LogP contribution in [0.3, 0.4) is 0 Å². The molecule has 0 bridgehead atoms. The number of H-pyrrole nitrogens is 1. The predicted octanol–water partition coefficient (Wildman–Crippen LogP) is 2.59. The van der Waals surface area contributed by atoms with Crippen molar-refractivity contribution in [2.24, 2.45) is 5.73 Å². The van der Waals surface area contributed by atoms with E-state index in [9.17, 15) is 4.79 Å². The minimum Gasteiger partial charge on any atom is -0.493 e. The zero-order valence-electron chi connectivity index (χ0n) is 11.8. The van der Waals surface area contributed by atoms with E-state index < -0.39 is 0 Å². The summed E-state index contributed by atoms with van der Waals surface area (Å²) in [4.78, 5) is 14.1. The lowest BCUT2D eigenvalue weighted by atomic mass is 10.1. The van der Waals surface area contributed by atoms with Gasteiger partial charge in [0.1, 0.15) is 5.75 Å². The van der Waals surface area contributed by atoms with Gasteiger partial charge in [-0.25, -0.2) is 0 Å². The van der Waals surface area contributed by atoms with E-state index in [4.69, 9.17) is 10.5 Å². The number of nitrogens with one attached hydrogen (secondary N) is 1. The number of hydrogen-bond donors (Lipinski definition) is 2. The Hall–Kier alpha value is -1.81. The Morgan fingerprint density at radius 3 is 2.63 bits per heavy atom. The van der Waals surface area contributed by atoms with Crippen LogP contribution in [0.2, 0.25) is 0 Å². The largest absolute Gasteiger partial charge is 0.493 e. The molecule has 0 fully saturated rings. The first-order chi connectivity index (χ1) is 9.22. The van der Waals surface area contributed by atoms with Crippen molar-refractivity contribution in [2.45, 2.75) is 27.2 Å². The van der Waals surface area contributed by atoms with Crippen molar-refractivity contribution in [2.75, 3.05) is 13.2 Å². The maximum absolute atomic E-state index is 11.3. The molecule has 0 aliphatic carbocycles. The molecular formula is C15H22N2O2.